The van der Waals surface area contributed by atoms with E-state index in [-0.39, 0.29) is 23.7 Å². The summed E-state index contributed by atoms with van der Waals surface area (Å²) >= 11 is 0. The van der Waals surface area contributed by atoms with Crippen molar-refractivity contribution in [3.8, 4) is 5.75 Å². The minimum atomic E-state index is -0.317. The molecule has 2 rings (SSSR count). The second-order valence-corrected chi connectivity index (χ2v) is 4.80. The number of nitrogens with one attached hydrogen (secondary N) is 1. The van der Waals surface area contributed by atoms with Gasteiger partial charge in [0, 0.05) is 12.0 Å². The summed E-state index contributed by atoms with van der Waals surface area (Å²) in [7, 11) is 3.37. The molecule has 1 N–H and O–H groups in total. The van der Waals surface area contributed by atoms with Gasteiger partial charge < -0.3 is 14.8 Å². The average Bonchev–Trinajstić information content (AvgIpc) is 2.77. The van der Waals surface area contributed by atoms with E-state index in [1.54, 1.807) is 12.1 Å². The van der Waals surface area contributed by atoms with Gasteiger partial charge in [0.05, 0.1) is 19.8 Å². The summed E-state index contributed by atoms with van der Waals surface area (Å²) in [6.07, 6.45) is 1.29. The molecule has 1 heterocycles. The maximum Gasteiger partial charge on any atom is 0.165 e. The lowest BCUT2D eigenvalue weighted by atomic mass is 9.91. The Morgan fingerprint density at radius 1 is 1.50 bits per heavy atom. The van der Waals surface area contributed by atoms with Crippen molar-refractivity contribution in [1.29, 1.82) is 0 Å². The molecular weight excluding hydrogens is 233 g/mol. The van der Waals surface area contributed by atoms with Gasteiger partial charge in [-0.2, -0.15) is 0 Å². The van der Waals surface area contributed by atoms with Crippen LogP contribution in [0, 0.1) is 11.7 Å². The van der Waals surface area contributed by atoms with E-state index in [1.165, 1.54) is 7.11 Å². The molecule has 100 valence electrons. The minimum Gasteiger partial charge on any atom is -0.494 e. The Kier molecular flexibility index (Phi) is 4.19. The number of hydrogen-bond acceptors (Lipinski definition) is 3. The summed E-state index contributed by atoms with van der Waals surface area (Å²) in [4.78, 5) is 0. The second-order valence-electron chi connectivity index (χ2n) is 4.80. The van der Waals surface area contributed by atoms with E-state index in [2.05, 4.69) is 12.2 Å². The quantitative estimate of drug-likeness (QED) is 0.894. The Bertz CT molecular complexity index is 411. The number of hydrogen-bond donors (Lipinski definition) is 1. The predicted octanol–water partition coefficient (Wildman–Crippen LogP) is 2.52. The normalized spacial score (nSPS) is 25.1. The third-order valence-electron chi connectivity index (χ3n) is 3.55. The molecule has 1 aromatic rings. The first-order valence-corrected chi connectivity index (χ1v) is 6.28. The lowest BCUT2D eigenvalue weighted by Crippen LogP contribution is -2.25. The molecule has 0 aromatic heterocycles. The Morgan fingerprint density at radius 3 is 2.78 bits per heavy atom. The summed E-state index contributed by atoms with van der Waals surface area (Å²) in [5.41, 5.74) is 0.943. The Hall–Kier alpha value is -1.13. The number of halogens is 1. The maximum absolute atomic E-state index is 13.7. The highest BCUT2D eigenvalue weighted by Gasteiger charge is 2.30. The zero-order valence-electron chi connectivity index (χ0n) is 11.1. The fourth-order valence-corrected chi connectivity index (χ4v) is 2.63. The Balaban J connectivity index is 2.19. The standard InChI is InChI=1S/C14H20FNO2/c1-9-6-11(8-18-9)14(16-2)10-4-5-13(17-3)12(15)7-10/h4-5,7,9,11,14,16H,6,8H2,1-3H3. The van der Waals surface area contributed by atoms with Crippen LogP contribution in [-0.4, -0.2) is 26.9 Å². The largest absolute Gasteiger partial charge is 0.494 e. The van der Waals surface area contributed by atoms with Gasteiger partial charge in [0.1, 0.15) is 0 Å². The monoisotopic (exact) mass is 253 g/mol. The average molecular weight is 253 g/mol. The first kappa shape index (κ1) is 13.3. The molecule has 0 radical (unpaired) electrons. The molecule has 0 amide bonds. The van der Waals surface area contributed by atoms with Crippen molar-refractivity contribution < 1.29 is 13.9 Å². The van der Waals surface area contributed by atoms with Crippen LogP contribution in [-0.2, 0) is 4.74 Å². The second kappa shape index (κ2) is 5.67. The van der Waals surface area contributed by atoms with Crippen LogP contribution >= 0.6 is 0 Å². The molecule has 1 aliphatic heterocycles. The lowest BCUT2D eigenvalue weighted by Gasteiger charge is -2.22. The van der Waals surface area contributed by atoms with E-state index in [4.69, 9.17) is 9.47 Å². The molecule has 4 heteroatoms. The van der Waals surface area contributed by atoms with Crippen LogP contribution in [0.4, 0.5) is 4.39 Å². The Morgan fingerprint density at radius 2 is 2.28 bits per heavy atom. The van der Waals surface area contributed by atoms with Crippen LogP contribution < -0.4 is 10.1 Å². The summed E-state index contributed by atoms with van der Waals surface area (Å²) < 4.78 is 24.2. The third kappa shape index (κ3) is 2.65. The molecule has 3 atom stereocenters. The van der Waals surface area contributed by atoms with Crippen molar-refractivity contribution in [2.75, 3.05) is 20.8 Å². The van der Waals surface area contributed by atoms with E-state index >= 15 is 0 Å². The van der Waals surface area contributed by atoms with Crippen LogP contribution in [0.3, 0.4) is 0 Å². The molecule has 0 spiro atoms. The number of methoxy groups -OCH3 is 1. The molecule has 1 aliphatic rings. The summed E-state index contributed by atoms with van der Waals surface area (Å²) in [6.45, 7) is 2.79. The molecule has 0 saturated carbocycles. The van der Waals surface area contributed by atoms with Gasteiger partial charge in [-0.25, -0.2) is 4.39 Å². The van der Waals surface area contributed by atoms with Gasteiger partial charge in [-0.1, -0.05) is 6.07 Å². The van der Waals surface area contributed by atoms with Crippen LogP contribution in [0.15, 0.2) is 18.2 Å². The van der Waals surface area contributed by atoms with E-state index < -0.39 is 0 Å². The smallest absolute Gasteiger partial charge is 0.165 e. The fraction of sp³-hybridized carbons (Fsp3) is 0.571. The van der Waals surface area contributed by atoms with Crippen molar-refractivity contribution in [1.82, 2.24) is 5.32 Å². The molecule has 3 unspecified atom stereocenters. The van der Waals surface area contributed by atoms with Crippen molar-refractivity contribution >= 4 is 0 Å². The van der Waals surface area contributed by atoms with Gasteiger partial charge in [0.25, 0.3) is 0 Å². The van der Waals surface area contributed by atoms with Gasteiger partial charge in [-0.3, -0.25) is 0 Å². The summed E-state index contributed by atoms with van der Waals surface area (Å²) in [5, 5.41) is 3.26. The van der Waals surface area contributed by atoms with Crippen molar-refractivity contribution in [3.05, 3.63) is 29.6 Å². The lowest BCUT2D eigenvalue weighted by molar-refractivity contribution is 0.117. The molecule has 3 nitrogen and oxygen atoms in total. The van der Waals surface area contributed by atoms with Crippen LogP contribution in [0.25, 0.3) is 0 Å². The first-order valence-electron chi connectivity index (χ1n) is 6.28. The highest BCUT2D eigenvalue weighted by atomic mass is 19.1. The van der Waals surface area contributed by atoms with E-state index in [0.717, 1.165) is 18.6 Å². The molecule has 1 aromatic carbocycles. The zero-order chi connectivity index (χ0) is 13.1. The number of rotatable bonds is 4. The maximum atomic E-state index is 13.7. The van der Waals surface area contributed by atoms with Crippen LogP contribution in [0.2, 0.25) is 0 Å². The van der Waals surface area contributed by atoms with Gasteiger partial charge in [-0.15, -0.1) is 0 Å². The topological polar surface area (TPSA) is 30.5 Å². The highest BCUT2D eigenvalue weighted by Crippen LogP contribution is 2.32. The Labute approximate surface area is 107 Å². The summed E-state index contributed by atoms with van der Waals surface area (Å²) in [5.74, 6) is 0.352. The van der Waals surface area contributed by atoms with Crippen LogP contribution in [0.5, 0.6) is 5.75 Å². The zero-order valence-corrected chi connectivity index (χ0v) is 11.1. The van der Waals surface area contributed by atoms with Crippen molar-refractivity contribution in [2.45, 2.75) is 25.5 Å². The molecule has 1 saturated heterocycles. The third-order valence-corrected chi connectivity index (χ3v) is 3.55. The molecule has 0 aliphatic carbocycles. The van der Waals surface area contributed by atoms with Gasteiger partial charge in [-0.05, 0) is 38.1 Å². The van der Waals surface area contributed by atoms with E-state index in [0.29, 0.717) is 5.92 Å². The highest BCUT2D eigenvalue weighted by molar-refractivity contribution is 5.31. The van der Waals surface area contributed by atoms with Gasteiger partial charge >= 0.3 is 0 Å². The van der Waals surface area contributed by atoms with Crippen molar-refractivity contribution in [2.24, 2.45) is 5.92 Å². The first-order chi connectivity index (χ1) is 8.65. The van der Waals surface area contributed by atoms with Crippen molar-refractivity contribution in [3.63, 3.8) is 0 Å². The van der Waals surface area contributed by atoms with Gasteiger partial charge in [0.15, 0.2) is 11.6 Å². The molecule has 1 fully saturated rings. The fourth-order valence-electron chi connectivity index (χ4n) is 2.63. The van der Waals surface area contributed by atoms with E-state index in [9.17, 15) is 4.39 Å². The van der Waals surface area contributed by atoms with Crippen LogP contribution in [0.1, 0.15) is 24.9 Å². The number of benzene rings is 1. The number of ether oxygens (including phenoxy) is 2. The minimum absolute atomic E-state index is 0.121. The molecular formula is C14H20FNO2. The predicted molar refractivity (Wildman–Crippen MR) is 68.3 cm³/mol. The van der Waals surface area contributed by atoms with E-state index in [1.807, 2.05) is 13.1 Å². The van der Waals surface area contributed by atoms with Gasteiger partial charge in [0.2, 0.25) is 0 Å². The summed E-state index contributed by atoms with van der Waals surface area (Å²) in [6, 6.07) is 5.25. The SMILES string of the molecule is CNC(c1ccc(OC)c(F)c1)C1COC(C)C1. The molecule has 0 bridgehead atoms. The molecule has 18 heavy (non-hydrogen) atoms.